The topological polar surface area (TPSA) is 58.9 Å². The van der Waals surface area contributed by atoms with Crippen molar-refractivity contribution < 1.29 is 19.7 Å². The van der Waals surface area contributed by atoms with Crippen molar-refractivity contribution in [1.29, 1.82) is 0 Å². The first-order valence-electron chi connectivity index (χ1n) is 11.6. The molecule has 4 heteroatoms. The van der Waals surface area contributed by atoms with Gasteiger partial charge in [-0.3, -0.25) is 0 Å². The van der Waals surface area contributed by atoms with Crippen LogP contribution in [0.4, 0.5) is 0 Å². The fourth-order valence-corrected chi connectivity index (χ4v) is 3.62. The van der Waals surface area contributed by atoms with Gasteiger partial charge in [0.15, 0.2) is 5.79 Å². The smallest absolute Gasteiger partial charge is 0.156 e. The fourth-order valence-electron chi connectivity index (χ4n) is 3.62. The molecule has 3 rings (SSSR count). The van der Waals surface area contributed by atoms with Crippen LogP contribution in [0.2, 0.25) is 0 Å². The van der Waals surface area contributed by atoms with Gasteiger partial charge in [-0.2, -0.15) is 0 Å². The van der Waals surface area contributed by atoms with Crippen LogP contribution < -0.4 is 0 Å². The van der Waals surface area contributed by atoms with Gasteiger partial charge in [-0.1, -0.05) is 97.9 Å². The van der Waals surface area contributed by atoms with Crippen LogP contribution in [0.15, 0.2) is 91.0 Å². The summed E-state index contributed by atoms with van der Waals surface area (Å²) in [5.41, 5.74) is 2.67. The minimum absolute atomic E-state index is 0.0514. The van der Waals surface area contributed by atoms with E-state index in [0.29, 0.717) is 6.61 Å². The normalized spacial score (nSPS) is 12.7. The van der Waals surface area contributed by atoms with Crippen molar-refractivity contribution in [3.8, 4) is 0 Å². The predicted molar refractivity (Wildman–Crippen MR) is 134 cm³/mol. The van der Waals surface area contributed by atoms with Crippen LogP contribution in [0.25, 0.3) is 0 Å². The van der Waals surface area contributed by atoms with Crippen LogP contribution in [0.1, 0.15) is 57.7 Å². The van der Waals surface area contributed by atoms with Gasteiger partial charge in [0.25, 0.3) is 0 Å². The van der Waals surface area contributed by atoms with Crippen molar-refractivity contribution in [3.63, 3.8) is 0 Å². The summed E-state index contributed by atoms with van der Waals surface area (Å²) in [4.78, 5) is 0. The molecule has 0 aliphatic carbocycles. The van der Waals surface area contributed by atoms with E-state index in [1.165, 1.54) is 13.8 Å². The molecule has 0 amide bonds. The van der Waals surface area contributed by atoms with Gasteiger partial charge in [-0.25, -0.2) is 0 Å². The maximum atomic E-state index is 8.08. The van der Waals surface area contributed by atoms with Gasteiger partial charge in [-0.05, 0) is 50.8 Å². The highest BCUT2D eigenvalue weighted by atomic mass is 16.5. The molecule has 0 radical (unpaired) electrons. The van der Waals surface area contributed by atoms with E-state index in [1.54, 1.807) is 0 Å². The van der Waals surface area contributed by atoms with Crippen LogP contribution in [0.5, 0.6) is 0 Å². The molecule has 0 bridgehead atoms. The molecule has 3 aromatic carbocycles. The molecule has 0 heterocycles. The molecule has 0 fully saturated rings. The van der Waals surface area contributed by atoms with Crippen LogP contribution in [0.3, 0.4) is 0 Å². The van der Waals surface area contributed by atoms with Crippen LogP contribution in [0, 0.1) is 0 Å². The Balaban J connectivity index is 0.000000696. The summed E-state index contributed by atoms with van der Waals surface area (Å²) in [5, 5.41) is 16.2. The van der Waals surface area contributed by atoms with Crippen LogP contribution >= 0.6 is 0 Å². The molecule has 0 aliphatic rings. The van der Waals surface area contributed by atoms with Gasteiger partial charge in [0.05, 0.1) is 18.8 Å². The summed E-state index contributed by atoms with van der Waals surface area (Å²) >= 11 is 0. The van der Waals surface area contributed by atoms with E-state index in [-0.39, 0.29) is 12.2 Å². The Labute approximate surface area is 198 Å². The van der Waals surface area contributed by atoms with Crippen molar-refractivity contribution in [2.75, 3.05) is 6.61 Å². The summed E-state index contributed by atoms with van der Waals surface area (Å²) in [6.07, 6.45) is 1.13. The molecule has 0 saturated heterocycles. The zero-order chi connectivity index (χ0) is 24.3. The molecule has 4 nitrogen and oxygen atoms in total. The highest BCUT2D eigenvalue weighted by Gasteiger charge is 2.38. The van der Waals surface area contributed by atoms with E-state index in [2.05, 4.69) is 93.6 Å². The molecule has 0 spiro atoms. The Bertz CT molecular complexity index is 800. The molecule has 0 aromatic heterocycles. The lowest BCUT2D eigenvalue weighted by Gasteiger charge is -2.37. The lowest BCUT2D eigenvalue weighted by atomic mass is 9.80. The van der Waals surface area contributed by atoms with E-state index in [0.717, 1.165) is 23.1 Å². The number of ether oxygens (including phenoxy) is 2. The highest BCUT2D eigenvalue weighted by Crippen LogP contribution is 2.40. The Hall–Kier alpha value is -2.50. The first-order valence-corrected chi connectivity index (χ1v) is 11.6. The molecule has 0 saturated carbocycles. The van der Waals surface area contributed by atoms with Crippen molar-refractivity contribution in [2.24, 2.45) is 0 Å². The van der Waals surface area contributed by atoms with Gasteiger partial charge >= 0.3 is 0 Å². The van der Waals surface area contributed by atoms with E-state index in [9.17, 15) is 0 Å². The predicted octanol–water partition coefficient (Wildman–Crippen LogP) is 5.91. The maximum absolute atomic E-state index is 8.08. The second kappa shape index (κ2) is 12.7. The molecule has 2 N–H and O–H groups in total. The van der Waals surface area contributed by atoms with E-state index < -0.39 is 11.4 Å². The van der Waals surface area contributed by atoms with Crippen molar-refractivity contribution in [1.82, 2.24) is 0 Å². The summed E-state index contributed by atoms with van der Waals surface area (Å²) in [6, 6.07) is 31.4. The monoisotopic (exact) mass is 450 g/mol. The van der Waals surface area contributed by atoms with Crippen LogP contribution in [-0.2, 0) is 15.1 Å². The maximum Gasteiger partial charge on any atom is 0.156 e. The molecular weight excluding hydrogens is 412 g/mol. The third kappa shape index (κ3) is 8.41. The van der Waals surface area contributed by atoms with Gasteiger partial charge in [0.1, 0.15) is 5.60 Å². The Kier molecular flexibility index (Phi) is 10.3. The summed E-state index contributed by atoms with van der Waals surface area (Å²) in [6.45, 7) is 9.40. The van der Waals surface area contributed by atoms with Gasteiger partial charge < -0.3 is 19.7 Å². The second-order valence-electron chi connectivity index (χ2n) is 8.80. The first kappa shape index (κ1) is 26.7. The second-order valence-corrected chi connectivity index (χ2v) is 8.80. The SMILES string of the molecule is CC(C)(O)O.CC[C@@H](COC(c1ccccc1)(c1ccccc1)c1ccccc1)OC(C)C. The minimum Gasteiger partial charge on any atom is -0.373 e. The minimum atomic E-state index is -1.50. The van der Waals surface area contributed by atoms with E-state index in [1.807, 2.05) is 18.2 Å². The Morgan fingerprint density at radius 2 is 1.03 bits per heavy atom. The quantitative estimate of drug-likeness (QED) is 0.314. The lowest BCUT2D eigenvalue weighted by Crippen LogP contribution is -2.36. The number of aliphatic hydroxyl groups is 2. The summed E-state index contributed by atoms with van der Waals surface area (Å²) in [7, 11) is 0. The average Bonchev–Trinajstić information content (AvgIpc) is 2.79. The van der Waals surface area contributed by atoms with Crippen LogP contribution in [-0.4, -0.2) is 34.8 Å². The molecule has 0 aliphatic heterocycles. The molecule has 33 heavy (non-hydrogen) atoms. The van der Waals surface area contributed by atoms with Crippen molar-refractivity contribution >= 4 is 0 Å². The molecule has 1 atom stereocenters. The molecular formula is C29H38O4. The Morgan fingerprint density at radius 3 is 1.30 bits per heavy atom. The number of benzene rings is 3. The summed E-state index contributed by atoms with van der Waals surface area (Å²) in [5.74, 6) is -1.50. The Morgan fingerprint density at radius 1 is 0.697 bits per heavy atom. The standard InChI is InChI=1S/C26H30O2.C3H8O2/c1-4-25(28-21(2)3)20-27-26(22-14-8-5-9-15-22,23-16-10-6-11-17-23)24-18-12-7-13-19-24;1-3(2,4)5/h5-19,21,25H,4,20H2,1-3H3;4-5H,1-2H3/t25-;/m0./s1. The molecule has 3 aromatic rings. The average molecular weight is 451 g/mol. The third-order valence-corrected chi connectivity index (χ3v) is 4.95. The first-order chi connectivity index (χ1) is 15.7. The van der Waals surface area contributed by atoms with E-state index in [4.69, 9.17) is 19.7 Å². The largest absolute Gasteiger partial charge is 0.373 e. The van der Waals surface area contributed by atoms with Crippen molar-refractivity contribution in [2.45, 2.75) is 64.6 Å². The van der Waals surface area contributed by atoms with Crippen molar-refractivity contribution in [3.05, 3.63) is 108 Å². The molecule has 178 valence electrons. The van der Waals surface area contributed by atoms with Gasteiger partial charge in [0.2, 0.25) is 0 Å². The molecule has 0 unspecified atom stereocenters. The highest BCUT2D eigenvalue weighted by molar-refractivity contribution is 5.47. The van der Waals surface area contributed by atoms with E-state index >= 15 is 0 Å². The third-order valence-electron chi connectivity index (χ3n) is 4.95. The number of hydrogen-bond donors (Lipinski definition) is 2. The number of rotatable bonds is 9. The zero-order valence-corrected chi connectivity index (χ0v) is 20.4. The zero-order valence-electron chi connectivity index (χ0n) is 20.4. The van der Waals surface area contributed by atoms with Gasteiger partial charge in [0, 0.05) is 0 Å². The lowest BCUT2D eigenvalue weighted by molar-refractivity contribution is -0.127. The fraction of sp³-hybridized carbons (Fsp3) is 0.379. The van der Waals surface area contributed by atoms with Gasteiger partial charge in [-0.15, -0.1) is 0 Å². The summed E-state index contributed by atoms with van der Waals surface area (Å²) < 4.78 is 12.9. The number of hydrogen-bond acceptors (Lipinski definition) is 4.